The van der Waals surface area contributed by atoms with Crippen molar-refractivity contribution >= 4 is 23.4 Å². The van der Waals surface area contributed by atoms with Gasteiger partial charge in [0.2, 0.25) is 0 Å². The lowest BCUT2D eigenvalue weighted by atomic mass is 10.1. The topological polar surface area (TPSA) is 63.5 Å². The van der Waals surface area contributed by atoms with E-state index in [0.29, 0.717) is 17.7 Å². The monoisotopic (exact) mass is 410 g/mol. The van der Waals surface area contributed by atoms with E-state index in [9.17, 15) is 28.1 Å². The Morgan fingerprint density at radius 1 is 1.25 bits per heavy atom. The van der Waals surface area contributed by atoms with Crippen molar-refractivity contribution in [3.05, 3.63) is 69.3 Å². The van der Waals surface area contributed by atoms with Crippen molar-refractivity contribution in [2.24, 2.45) is 0 Å². The zero-order valence-corrected chi connectivity index (χ0v) is 15.7. The van der Waals surface area contributed by atoms with Gasteiger partial charge in [-0.2, -0.15) is 13.2 Å². The minimum Gasteiger partial charge on any atom is -0.331 e. The Morgan fingerprint density at radius 3 is 2.50 bits per heavy atom. The molecule has 28 heavy (non-hydrogen) atoms. The summed E-state index contributed by atoms with van der Waals surface area (Å²) in [5, 5.41) is 11.3. The fourth-order valence-electron chi connectivity index (χ4n) is 3.00. The Bertz CT molecular complexity index is 914. The number of amides is 1. The lowest BCUT2D eigenvalue weighted by Crippen LogP contribution is -2.33. The molecule has 9 heteroatoms. The van der Waals surface area contributed by atoms with Crippen LogP contribution < -0.4 is 0 Å². The minimum absolute atomic E-state index is 0.00508. The third-order valence-electron chi connectivity index (χ3n) is 4.53. The highest BCUT2D eigenvalue weighted by molar-refractivity contribution is 7.98. The van der Waals surface area contributed by atoms with Crippen molar-refractivity contribution in [2.75, 3.05) is 6.26 Å². The second kappa shape index (κ2) is 7.83. The molecular weight excluding hydrogens is 393 g/mol. The highest BCUT2D eigenvalue weighted by atomic mass is 32.2. The van der Waals surface area contributed by atoms with Crippen LogP contribution in [0.15, 0.2) is 47.4 Å². The largest absolute Gasteiger partial charge is 0.416 e. The number of hydrogen-bond acceptors (Lipinski definition) is 4. The normalized spacial score (nSPS) is 14.0. The number of nitrogens with zero attached hydrogens (tertiary/aromatic N) is 2. The molecule has 1 aliphatic rings. The number of alkyl halides is 3. The molecule has 0 saturated heterocycles. The molecule has 148 valence electrons. The van der Waals surface area contributed by atoms with Gasteiger partial charge in [-0.3, -0.25) is 14.9 Å². The second-order valence-corrected chi connectivity index (χ2v) is 7.31. The molecule has 0 spiro atoms. The van der Waals surface area contributed by atoms with Crippen molar-refractivity contribution in [3.63, 3.8) is 0 Å². The summed E-state index contributed by atoms with van der Waals surface area (Å²) in [4.78, 5) is 25.5. The van der Waals surface area contributed by atoms with E-state index in [1.807, 2.05) is 0 Å². The highest BCUT2D eigenvalue weighted by Gasteiger charge is 2.37. The van der Waals surface area contributed by atoms with Crippen LogP contribution in [-0.4, -0.2) is 28.0 Å². The number of benzene rings is 2. The number of nitro groups is 1. The third-order valence-corrected chi connectivity index (χ3v) is 5.32. The summed E-state index contributed by atoms with van der Waals surface area (Å²) in [6.45, 7) is -0.197. The molecule has 0 N–H and O–H groups in total. The van der Waals surface area contributed by atoms with Crippen molar-refractivity contribution in [2.45, 2.75) is 36.5 Å². The Balaban J connectivity index is 1.93. The van der Waals surface area contributed by atoms with E-state index in [0.717, 1.165) is 6.07 Å². The SMILES string of the molecule is CSc1ccc(C(=O)N(Cc2ccccc2C(F)(F)F)C2CC2)cc1[N+](=O)[O-]. The number of nitro benzene ring substituents is 1. The van der Waals surface area contributed by atoms with Gasteiger partial charge in [0.25, 0.3) is 11.6 Å². The van der Waals surface area contributed by atoms with Crippen molar-refractivity contribution in [1.82, 2.24) is 4.90 Å². The zero-order valence-electron chi connectivity index (χ0n) is 14.9. The first kappa shape index (κ1) is 20.2. The molecular formula is C19H17F3N2O3S. The molecule has 3 rings (SSSR count). The van der Waals surface area contributed by atoms with E-state index < -0.39 is 22.6 Å². The number of hydrogen-bond donors (Lipinski definition) is 0. The molecule has 1 saturated carbocycles. The van der Waals surface area contributed by atoms with Crippen molar-refractivity contribution in [1.29, 1.82) is 0 Å². The Kier molecular flexibility index (Phi) is 5.64. The maximum Gasteiger partial charge on any atom is 0.416 e. The maximum absolute atomic E-state index is 13.3. The summed E-state index contributed by atoms with van der Waals surface area (Å²) >= 11 is 1.19. The molecule has 0 unspecified atom stereocenters. The number of rotatable bonds is 6. The molecule has 1 aliphatic carbocycles. The van der Waals surface area contributed by atoms with Gasteiger partial charge in [-0.15, -0.1) is 11.8 Å². The summed E-state index contributed by atoms with van der Waals surface area (Å²) in [6.07, 6.45) is -1.43. The van der Waals surface area contributed by atoms with Gasteiger partial charge >= 0.3 is 6.18 Å². The third kappa shape index (κ3) is 4.30. The predicted molar refractivity (Wildman–Crippen MR) is 99.2 cm³/mol. The van der Waals surface area contributed by atoms with Gasteiger partial charge < -0.3 is 4.90 Å². The predicted octanol–water partition coefficient (Wildman–Crippen LogP) is 5.14. The van der Waals surface area contributed by atoms with Gasteiger partial charge in [0.15, 0.2) is 0 Å². The molecule has 1 fully saturated rings. The number of halogens is 3. The summed E-state index contributed by atoms with van der Waals surface area (Å²) in [7, 11) is 0. The van der Waals surface area contributed by atoms with E-state index in [1.54, 1.807) is 6.26 Å². The van der Waals surface area contributed by atoms with Gasteiger partial charge in [0.05, 0.1) is 15.4 Å². The summed E-state index contributed by atoms with van der Waals surface area (Å²) in [6, 6.07) is 9.15. The first-order chi connectivity index (χ1) is 13.2. The van der Waals surface area contributed by atoms with Gasteiger partial charge in [0, 0.05) is 24.2 Å². The molecule has 0 heterocycles. The molecule has 0 aliphatic heterocycles. The Hall–Kier alpha value is -2.55. The fourth-order valence-corrected chi connectivity index (χ4v) is 3.55. The lowest BCUT2D eigenvalue weighted by Gasteiger charge is -2.24. The van der Waals surface area contributed by atoms with Crippen LogP contribution in [0.4, 0.5) is 18.9 Å². The van der Waals surface area contributed by atoms with Crippen LogP contribution in [0.25, 0.3) is 0 Å². The van der Waals surface area contributed by atoms with Crippen molar-refractivity contribution < 1.29 is 22.9 Å². The number of carbonyl (C=O) groups is 1. The molecule has 1 amide bonds. The average Bonchev–Trinajstić information content (AvgIpc) is 3.49. The first-order valence-corrected chi connectivity index (χ1v) is 9.73. The van der Waals surface area contributed by atoms with Gasteiger partial charge in [0.1, 0.15) is 0 Å². The van der Waals surface area contributed by atoms with E-state index in [1.165, 1.54) is 53.1 Å². The van der Waals surface area contributed by atoms with Gasteiger partial charge in [-0.25, -0.2) is 0 Å². The van der Waals surface area contributed by atoms with Gasteiger partial charge in [-0.1, -0.05) is 18.2 Å². The molecule has 0 bridgehead atoms. The van der Waals surface area contributed by atoms with E-state index in [4.69, 9.17) is 0 Å². The van der Waals surface area contributed by atoms with Crippen molar-refractivity contribution in [3.8, 4) is 0 Å². The fraction of sp³-hybridized carbons (Fsp3) is 0.316. The standard InChI is InChI=1S/C19H17F3N2O3S/c1-28-17-9-6-12(10-16(17)24(26)27)18(25)23(14-7-8-14)11-13-4-2-3-5-15(13)19(20,21)22/h2-6,9-10,14H,7-8,11H2,1H3. The zero-order chi connectivity index (χ0) is 20.5. The summed E-state index contributed by atoms with van der Waals surface area (Å²) in [5.74, 6) is -0.504. The van der Waals surface area contributed by atoms with Crippen LogP contribution in [0.3, 0.4) is 0 Å². The van der Waals surface area contributed by atoms with Gasteiger partial charge in [-0.05, 0) is 42.9 Å². The number of thioether (sulfide) groups is 1. The van der Waals surface area contributed by atoms with Crippen LogP contribution in [0, 0.1) is 10.1 Å². The summed E-state index contributed by atoms with van der Waals surface area (Å²) < 4.78 is 39.9. The van der Waals surface area contributed by atoms with E-state index >= 15 is 0 Å². The van der Waals surface area contributed by atoms with Crippen LogP contribution in [-0.2, 0) is 12.7 Å². The van der Waals surface area contributed by atoms with E-state index in [2.05, 4.69) is 0 Å². The van der Waals surface area contributed by atoms with Crippen LogP contribution in [0.1, 0.15) is 34.3 Å². The quantitative estimate of drug-likeness (QED) is 0.376. The average molecular weight is 410 g/mol. The van der Waals surface area contributed by atoms with E-state index in [-0.39, 0.29) is 29.4 Å². The smallest absolute Gasteiger partial charge is 0.331 e. The maximum atomic E-state index is 13.3. The minimum atomic E-state index is -4.52. The molecule has 2 aromatic carbocycles. The number of carbonyl (C=O) groups excluding carboxylic acids is 1. The lowest BCUT2D eigenvalue weighted by molar-refractivity contribution is -0.387. The second-order valence-electron chi connectivity index (χ2n) is 6.46. The first-order valence-electron chi connectivity index (χ1n) is 8.51. The van der Waals surface area contributed by atoms with Crippen LogP contribution in [0.5, 0.6) is 0 Å². The Morgan fingerprint density at radius 2 is 1.93 bits per heavy atom. The Labute approximate surface area is 163 Å². The molecule has 0 aromatic heterocycles. The van der Waals surface area contributed by atoms with Crippen LogP contribution in [0.2, 0.25) is 0 Å². The molecule has 5 nitrogen and oxygen atoms in total. The van der Waals surface area contributed by atoms with Crippen LogP contribution >= 0.6 is 11.8 Å². The molecule has 2 aromatic rings. The summed E-state index contributed by atoms with van der Waals surface area (Å²) in [5.41, 5.74) is -0.867. The molecule has 0 atom stereocenters. The highest BCUT2D eigenvalue weighted by Crippen LogP contribution is 2.36. The molecule has 0 radical (unpaired) electrons.